The highest BCUT2D eigenvalue weighted by atomic mass is 35.5. The lowest BCUT2D eigenvalue weighted by Crippen LogP contribution is -2.56. The molecule has 5 nitrogen and oxygen atoms in total. The summed E-state index contributed by atoms with van der Waals surface area (Å²) >= 11 is 18.5. The molecule has 4 bridgehead atoms. The Kier molecular flexibility index (Phi) is 4.61. The average Bonchev–Trinajstić information content (AvgIpc) is 2.53. The van der Waals surface area contributed by atoms with Gasteiger partial charge in [-0.25, -0.2) is 4.98 Å². The van der Waals surface area contributed by atoms with Crippen molar-refractivity contribution in [3.8, 4) is 0 Å². The third-order valence-electron chi connectivity index (χ3n) is 5.82. The number of amides is 1. The van der Waals surface area contributed by atoms with Crippen LogP contribution in [0, 0.1) is 17.3 Å². The van der Waals surface area contributed by atoms with Crippen molar-refractivity contribution in [2.75, 3.05) is 11.9 Å². The number of aromatic nitrogens is 1. The normalized spacial score (nSPS) is 34.6. The van der Waals surface area contributed by atoms with Crippen LogP contribution in [0.2, 0.25) is 10.0 Å². The van der Waals surface area contributed by atoms with Crippen LogP contribution in [0.4, 0.5) is 5.82 Å². The Balaban J connectivity index is 1.37. The standard InChI is InChI=1S/C18H19Cl3N2O3/c19-12-2-13(20)15(22-7-12)23-14(24)8-26-16(25)17-3-10-1-11(4-17)6-18(21,5-10)9-17/h2,7,10-11H,1,3-6,8-9H2,(H,22,23,24)/t10-,11-,17?,18?/m1/s1. The summed E-state index contributed by atoms with van der Waals surface area (Å²) in [6.07, 6.45) is 6.81. The third-order valence-corrected chi connectivity index (χ3v) is 6.76. The predicted octanol–water partition coefficient (Wildman–Crippen LogP) is 4.45. The number of hydrogen-bond donors (Lipinski definition) is 1. The van der Waals surface area contributed by atoms with Gasteiger partial charge in [0.1, 0.15) is 0 Å². The van der Waals surface area contributed by atoms with Gasteiger partial charge in [-0.05, 0) is 56.4 Å². The monoisotopic (exact) mass is 416 g/mol. The molecule has 8 heteroatoms. The Labute approximate surface area is 166 Å². The molecule has 4 aliphatic carbocycles. The Morgan fingerprint density at radius 3 is 2.54 bits per heavy atom. The van der Waals surface area contributed by atoms with Gasteiger partial charge in [-0.1, -0.05) is 23.2 Å². The lowest BCUT2D eigenvalue weighted by Gasteiger charge is -2.58. The molecule has 0 radical (unpaired) electrons. The van der Waals surface area contributed by atoms with Crippen molar-refractivity contribution >= 4 is 52.5 Å². The maximum atomic E-state index is 12.8. The summed E-state index contributed by atoms with van der Waals surface area (Å²) in [5.74, 6) is 0.383. The van der Waals surface area contributed by atoms with E-state index in [-0.39, 0.29) is 28.3 Å². The van der Waals surface area contributed by atoms with Gasteiger partial charge in [0.2, 0.25) is 0 Å². The Morgan fingerprint density at radius 1 is 1.23 bits per heavy atom. The van der Waals surface area contributed by atoms with Crippen molar-refractivity contribution in [1.82, 2.24) is 4.98 Å². The summed E-state index contributed by atoms with van der Waals surface area (Å²) in [5.41, 5.74) is -0.526. The summed E-state index contributed by atoms with van der Waals surface area (Å²) in [5, 5.41) is 3.13. The second kappa shape index (κ2) is 6.54. The number of rotatable bonds is 4. The topological polar surface area (TPSA) is 68.3 Å². The van der Waals surface area contributed by atoms with E-state index in [0.29, 0.717) is 23.3 Å². The highest BCUT2D eigenvalue weighted by molar-refractivity contribution is 6.36. The van der Waals surface area contributed by atoms with Gasteiger partial charge < -0.3 is 10.1 Å². The lowest BCUT2D eigenvalue weighted by molar-refractivity contribution is -0.171. The molecule has 0 spiro atoms. The van der Waals surface area contributed by atoms with Gasteiger partial charge in [0, 0.05) is 11.1 Å². The van der Waals surface area contributed by atoms with Crippen molar-refractivity contribution in [3.63, 3.8) is 0 Å². The fourth-order valence-corrected chi connectivity index (χ4v) is 6.47. The number of pyridine rings is 1. The number of esters is 1. The number of anilines is 1. The van der Waals surface area contributed by atoms with Gasteiger partial charge >= 0.3 is 5.97 Å². The van der Waals surface area contributed by atoms with E-state index in [1.54, 1.807) is 0 Å². The molecule has 0 aromatic carbocycles. The second-order valence-corrected chi connectivity index (χ2v) is 9.65. The molecule has 0 saturated heterocycles. The van der Waals surface area contributed by atoms with Crippen molar-refractivity contribution in [1.29, 1.82) is 0 Å². The Hall–Kier alpha value is -1.04. The first-order chi connectivity index (χ1) is 12.3. The number of carbonyl (C=O) groups excluding carboxylic acids is 2. The number of carbonyl (C=O) groups is 2. The minimum absolute atomic E-state index is 0.187. The van der Waals surface area contributed by atoms with Crippen LogP contribution in [0.15, 0.2) is 12.3 Å². The molecule has 4 aliphatic rings. The van der Waals surface area contributed by atoms with Crippen molar-refractivity contribution < 1.29 is 14.3 Å². The number of nitrogens with zero attached hydrogens (tertiary/aromatic N) is 1. The van der Waals surface area contributed by atoms with E-state index in [2.05, 4.69) is 10.3 Å². The summed E-state index contributed by atoms with van der Waals surface area (Å²) in [7, 11) is 0. The fraction of sp³-hybridized carbons (Fsp3) is 0.611. The van der Waals surface area contributed by atoms with E-state index in [9.17, 15) is 9.59 Å². The van der Waals surface area contributed by atoms with Gasteiger partial charge in [0.05, 0.1) is 15.5 Å². The quantitative estimate of drug-likeness (QED) is 0.580. The van der Waals surface area contributed by atoms with Gasteiger partial charge in [-0.3, -0.25) is 9.59 Å². The molecule has 1 aromatic rings. The van der Waals surface area contributed by atoms with Gasteiger partial charge in [0.15, 0.2) is 12.4 Å². The molecule has 0 aliphatic heterocycles. The van der Waals surface area contributed by atoms with Crippen LogP contribution < -0.4 is 5.32 Å². The lowest BCUT2D eigenvalue weighted by atomic mass is 9.49. The van der Waals surface area contributed by atoms with Crippen LogP contribution in [-0.4, -0.2) is 28.3 Å². The van der Waals surface area contributed by atoms with Crippen LogP contribution in [0.3, 0.4) is 0 Å². The summed E-state index contributed by atoms with van der Waals surface area (Å²) < 4.78 is 5.36. The molecule has 140 valence electrons. The molecule has 1 heterocycles. The third kappa shape index (κ3) is 3.41. The zero-order chi connectivity index (χ0) is 18.5. The van der Waals surface area contributed by atoms with Crippen LogP contribution in [-0.2, 0) is 14.3 Å². The van der Waals surface area contributed by atoms with Gasteiger partial charge in [0.25, 0.3) is 5.91 Å². The zero-order valence-electron chi connectivity index (χ0n) is 14.1. The minimum atomic E-state index is -0.526. The van der Waals surface area contributed by atoms with Crippen molar-refractivity contribution in [3.05, 3.63) is 22.3 Å². The van der Waals surface area contributed by atoms with Gasteiger partial charge in [-0.2, -0.15) is 0 Å². The predicted molar refractivity (Wildman–Crippen MR) is 99.5 cm³/mol. The minimum Gasteiger partial charge on any atom is -0.455 e. The summed E-state index contributed by atoms with van der Waals surface area (Å²) in [6.45, 7) is -0.369. The maximum absolute atomic E-state index is 12.8. The van der Waals surface area contributed by atoms with Crippen molar-refractivity contribution in [2.45, 2.75) is 43.4 Å². The largest absolute Gasteiger partial charge is 0.455 e. The van der Waals surface area contributed by atoms with E-state index in [4.69, 9.17) is 39.5 Å². The molecule has 2 atom stereocenters. The number of nitrogens with one attached hydrogen (secondary N) is 1. The average molecular weight is 418 g/mol. The molecule has 26 heavy (non-hydrogen) atoms. The summed E-state index contributed by atoms with van der Waals surface area (Å²) in [6, 6.07) is 1.48. The van der Waals surface area contributed by atoms with Gasteiger partial charge in [-0.15, -0.1) is 11.6 Å². The van der Waals surface area contributed by atoms with Crippen LogP contribution >= 0.6 is 34.8 Å². The first-order valence-electron chi connectivity index (χ1n) is 8.74. The maximum Gasteiger partial charge on any atom is 0.312 e. The Morgan fingerprint density at radius 2 is 1.92 bits per heavy atom. The molecule has 1 amide bonds. The number of alkyl halides is 1. The van der Waals surface area contributed by atoms with E-state index < -0.39 is 11.3 Å². The summed E-state index contributed by atoms with van der Waals surface area (Å²) in [4.78, 5) is 28.6. The second-order valence-electron chi connectivity index (χ2n) is 8.00. The van der Waals surface area contributed by atoms with Crippen LogP contribution in [0.5, 0.6) is 0 Å². The molecule has 0 unspecified atom stereocenters. The van der Waals surface area contributed by atoms with Crippen molar-refractivity contribution in [2.24, 2.45) is 17.3 Å². The highest BCUT2D eigenvalue weighted by Crippen LogP contribution is 2.64. The molecule has 4 fully saturated rings. The molecular weight excluding hydrogens is 399 g/mol. The molecule has 4 saturated carbocycles. The number of ether oxygens (including phenoxy) is 1. The highest BCUT2D eigenvalue weighted by Gasteiger charge is 2.60. The SMILES string of the molecule is O=C(COC(=O)C12C[C@H]3C[C@@H](CC(Cl)(C3)C1)C2)Nc1ncc(Cl)cc1Cl. The first kappa shape index (κ1) is 18.3. The van der Waals surface area contributed by atoms with Crippen LogP contribution in [0.25, 0.3) is 0 Å². The van der Waals surface area contributed by atoms with Crippen LogP contribution in [0.1, 0.15) is 38.5 Å². The van der Waals surface area contributed by atoms with E-state index in [0.717, 1.165) is 32.1 Å². The number of hydrogen-bond acceptors (Lipinski definition) is 4. The molecule has 5 rings (SSSR count). The van der Waals surface area contributed by atoms with E-state index in [1.165, 1.54) is 12.3 Å². The Bertz CT molecular complexity index is 756. The first-order valence-corrected chi connectivity index (χ1v) is 9.87. The fourth-order valence-electron chi connectivity index (χ4n) is 5.35. The molecule has 1 N–H and O–H groups in total. The molecule has 1 aromatic heterocycles. The van der Waals surface area contributed by atoms with E-state index >= 15 is 0 Å². The van der Waals surface area contributed by atoms with E-state index in [1.807, 2.05) is 0 Å². The number of halogens is 3. The zero-order valence-corrected chi connectivity index (χ0v) is 16.3. The molecular formula is C18H19Cl3N2O3. The smallest absolute Gasteiger partial charge is 0.312 e.